The summed E-state index contributed by atoms with van der Waals surface area (Å²) in [7, 11) is 0. The molecule has 104 valence electrons. The van der Waals surface area contributed by atoms with Crippen LogP contribution < -0.4 is 5.73 Å². The summed E-state index contributed by atoms with van der Waals surface area (Å²) in [5.74, 6) is 0.0577. The molecular weight excluding hydrogens is 265 g/mol. The molecule has 0 unspecified atom stereocenters. The van der Waals surface area contributed by atoms with Gasteiger partial charge in [-0.1, -0.05) is 26.0 Å². The SMILES string of the molecule is CC(C)c1c#cccc1-c1nc(N)ccc1C(F)(F)F. The Kier molecular flexibility index (Phi) is 3.58. The van der Waals surface area contributed by atoms with Crippen LogP contribution in [0, 0.1) is 12.1 Å². The average Bonchev–Trinajstić information content (AvgIpc) is 2.37. The van der Waals surface area contributed by atoms with Crippen molar-refractivity contribution in [2.24, 2.45) is 0 Å². The van der Waals surface area contributed by atoms with E-state index in [-0.39, 0.29) is 17.4 Å². The number of alkyl halides is 3. The van der Waals surface area contributed by atoms with Gasteiger partial charge in [-0.15, -0.1) is 0 Å². The van der Waals surface area contributed by atoms with Gasteiger partial charge in [0.15, 0.2) is 0 Å². The van der Waals surface area contributed by atoms with Crippen molar-refractivity contribution in [1.82, 2.24) is 4.98 Å². The summed E-state index contributed by atoms with van der Waals surface area (Å²) in [6.07, 6.45) is -4.48. The molecule has 0 aliphatic rings. The molecule has 1 heterocycles. The number of rotatable bonds is 2. The lowest BCUT2D eigenvalue weighted by molar-refractivity contribution is -0.137. The molecule has 20 heavy (non-hydrogen) atoms. The van der Waals surface area contributed by atoms with Crippen LogP contribution in [0.25, 0.3) is 11.3 Å². The van der Waals surface area contributed by atoms with Gasteiger partial charge in [0, 0.05) is 11.1 Å². The van der Waals surface area contributed by atoms with Gasteiger partial charge in [0.2, 0.25) is 0 Å². The topological polar surface area (TPSA) is 38.9 Å². The van der Waals surface area contributed by atoms with Crippen molar-refractivity contribution >= 4 is 5.82 Å². The largest absolute Gasteiger partial charge is 0.418 e. The lowest BCUT2D eigenvalue weighted by Crippen LogP contribution is -2.10. The molecule has 0 fully saturated rings. The van der Waals surface area contributed by atoms with Crippen LogP contribution in [-0.2, 0) is 6.18 Å². The van der Waals surface area contributed by atoms with Gasteiger partial charge in [0.1, 0.15) is 5.82 Å². The Morgan fingerprint density at radius 3 is 2.50 bits per heavy atom. The smallest absolute Gasteiger partial charge is 0.384 e. The van der Waals surface area contributed by atoms with Crippen LogP contribution in [0.5, 0.6) is 0 Å². The number of nitrogen functional groups attached to an aromatic ring is 1. The zero-order chi connectivity index (χ0) is 14.9. The maximum absolute atomic E-state index is 13.1. The molecule has 1 aromatic heterocycles. The second-order valence-corrected chi connectivity index (χ2v) is 4.71. The standard InChI is InChI=1S/C15H13F3N2/c1-9(2)10-5-3-4-6-11(10)14-12(15(16,17)18)7-8-13(19)20-14/h4,6-9H,1-2H3,(H2,19,20). The molecule has 2 nitrogen and oxygen atoms in total. The molecule has 0 radical (unpaired) electrons. The number of nitrogens with zero attached hydrogens (tertiary/aromatic N) is 1. The first-order valence-electron chi connectivity index (χ1n) is 6.07. The molecule has 2 N–H and O–H groups in total. The molecule has 0 amide bonds. The van der Waals surface area contributed by atoms with E-state index in [9.17, 15) is 13.2 Å². The zero-order valence-electron chi connectivity index (χ0n) is 11.0. The van der Waals surface area contributed by atoms with E-state index >= 15 is 0 Å². The summed E-state index contributed by atoms with van der Waals surface area (Å²) in [6, 6.07) is 10.8. The molecule has 0 saturated heterocycles. The fourth-order valence-electron chi connectivity index (χ4n) is 1.97. The summed E-state index contributed by atoms with van der Waals surface area (Å²) in [4.78, 5) is 3.88. The van der Waals surface area contributed by atoms with Gasteiger partial charge in [-0.3, -0.25) is 0 Å². The van der Waals surface area contributed by atoms with Crippen LogP contribution in [-0.4, -0.2) is 4.98 Å². The number of hydrogen-bond acceptors (Lipinski definition) is 2. The fourth-order valence-corrected chi connectivity index (χ4v) is 1.97. The highest BCUT2D eigenvalue weighted by molar-refractivity contribution is 5.69. The maximum Gasteiger partial charge on any atom is 0.418 e. The number of anilines is 1. The van der Waals surface area contributed by atoms with Crippen molar-refractivity contribution in [3.63, 3.8) is 0 Å². The van der Waals surface area contributed by atoms with Crippen LogP contribution in [0.1, 0.15) is 30.9 Å². The molecule has 2 rings (SSSR count). The molecular formula is C15H13F3N2. The summed E-state index contributed by atoms with van der Waals surface area (Å²) in [5.41, 5.74) is 5.60. The van der Waals surface area contributed by atoms with Crippen LogP contribution in [0.2, 0.25) is 0 Å². The second-order valence-electron chi connectivity index (χ2n) is 4.71. The van der Waals surface area contributed by atoms with E-state index in [0.717, 1.165) is 12.1 Å². The molecule has 0 atom stereocenters. The lowest BCUT2D eigenvalue weighted by atomic mass is 9.94. The van der Waals surface area contributed by atoms with Crippen molar-refractivity contribution in [3.8, 4) is 11.3 Å². The molecule has 0 spiro atoms. The Balaban J connectivity index is 2.72. The van der Waals surface area contributed by atoms with Crippen molar-refractivity contribution in [3.05, 3.63) is 47.5 Å². The van der Waals surface area contributed by atoms with Crippen molar-refractivity contribution in [1.29, 1.82) is 0 Å². The number of nitrogens with two attached hydrogens (primary N) is 1. The summed E-state index contributed by atoms with van der Waals surface area (Å²) in [6.45, 7) is 3.76. The summed E-state index contributed by atoms with van der Waals surface area (Å²) < 4.78 is 39.3. The van der Waals surface area contributed by atoms with Crippen LogP contribution in [0.15, 0.2) is 24.3 Å². The van der Waals surface area contributed by atoms with Gasteiger partial charge in [-0.25, -0.2) is 4.98 Å². The Morgan fingerprint density at radius 2 is 1.90 bits per heavy atom. The summed E-state index contributed by atoms with van der Waals surface area (Å²) >= 11 is 0. The van der Waals surface area contributed by atoms with E-state index < -0.39 is 11.7 Å². The predicted molar refractivity (Wildman–Crippen MR) is 70.8 cm³/mol. The van der Waals surface area contributed by atoms with Crippen LogP contribution in [0.3, 0.4) is 0 Å². The number of pyridine rings is 1. The Bertz CT molecular complexity index is 619. The van der Waals surface area contributed by atoms with E-state index in [2.05, 4.69) is 17.1 Å². The number of halogens is 3. The Morgan fingerprint density at radius 1 is 1.20 bits per heavy atom. The second kappa shape index (κ2) is 5.04. The third-order valence-electron chi connectivity index (χ3n) is 2.88. The molecule has 1 aromatic carbocycles. The fraction of sp³-hybridized carbons (Fsp3) is 0.267. The van der Waals surface area contributed by atoms with Gasteiger partial charge < -0.3 is 5.73 Å². The normalized spacial score (nSPS) is 11.5. The first-order valence-corrected chi connectivity index (χ1v) is 6.07. The number of aromatic nitrogens is 1. The summed E-state index contributed by atoms with van der Waals surface area (Å²) in [5, 5.41) is 0. The highest BCUT2D eigenvalue weighted by Crippen LogP contribution is 2.38. The first-order chi connectivity index (χ1) is 9.30. The number of hydrogen-bond donors (Lipinski definition) is 1. The zero-order valence-corrected chi connectivity index (χ0v) is 11.0. The minimum Gasteiger partial charge on any atom is -0.384 e. The van der Waals surface area contributed by atoms with E-state index in [4.69, 9.17) is 5.73 Å². The molecule has 2 aromatic rings. The van der Waals surface area contributed by atoms with Gasteiger partial charge in [-0.2, -0.15) is 13.2 Å². The first kappa shape index (κ1) is 14.2. The third-order valence-corrected chi connectivity index (χ3v) is 2.88. The van der Waals surface area contributed by atoms with E-state index in [1.165, 1.54) is 6.07 Å². The monoisotopic (exact) mass is 278 g/mol. The van der Waals surface area contributed by atoms with Gasteiger partial charge in [-0.05, 0) is 30.2 Å². The Labute approximate surface area is 115 Å². The lowest BCUT2D eigenvalue weighted by Gasteiger charge is -2.15. The maximum atomic E-state index is 13.1. The van der Waals surface area contributed by atoms with E-state index in [1.54, 1.807) is 6.07 Å². The molecule has 0 saturated carbocycles. The van der Waals surface area contributed by atoms with Gasteiger partial charge >= 0.3 is 6.18 Å². The van der Waals surface area contributed by atoms with Crippen molar-refractivity contribution in [2.75, 3.05) is 5.73 Å². The molecule has 0 bridgehead atoms. The van der Waals surface area contributed by atoms with Gasteiger partial charge in [0.05, 0.1) is 11.3 Å². The molecule has 0 aliphatic heterocycles. The molecule has 5 heteroatoms. The van der Waals surface area contributed by atoms with E-state index in [0.29, 0.717) is 11.1 Å². The quantitative estimate of drug-likeness (QED) is 0.899. The van der Waals surface area contributed by atoms with Crippen molar-refractivity contribution in [2.45, 2.75) is 25.9 Å². The third kappa shape index (κ3) is 2.69. The van der Waals surface area contributed by atoms with Crippen LogP contribution >= 0.6 is 0 Å². The van der Waals surface area contributed by atoms with E-state index in [1.807, 2.05) is 13.8 Å². The highest BCUT2D eigenvalue weighted by Gasteiger charge is 2.35. The Hall–Kier alpha value is -2.22. The van der Waals surface area contributed by atoms with Gasteiger partial charge in [0.25, 0.3) is 0 Å². The minimum atomic E-state index is -4.48. The minimum absolute atomic E-state index is 0.00626. The highest BCUT2D eigenvalue weighted by atomic mass is 19.4. The van der Waals surface area contributed by atoms with Crippen LogP contribution in [0.4, 0.5) is 19.0 Å². The van der Waals surface area contributed by atoms with Crippen molar-refractivity contribution < 1.29 is 13.2 Å². The molecule has 0 aliphatic carbocycles. The predicted octanol–water partition coefficient (Wildman–Crippen LogP) is 4.07. The average molecular weight is 278 g/mol.